The molecule has 1 amide bonds. The molecule has 0 radical (unpaired) electrons. The first-order valence-electron chi connectivity index (χ1n) is 7.49. The lowest BCUT2D eigenvalue weighted by Crippen LogP contribution is -2.46. The molecule has 2 aliphatic rings. The zero-order valence-corrected chi connectivity index (χ0v) is 13.6. The summed E-state index contributed by atoms with van der Waals surface area (Å²) >= 11 is 5.26. The molecule has 0 bridgehead atoms. The molecule has 2 aliphatic heterocycles. The van der Waals surface area contributed by atoms with Crippen molar-refractivity contribution in [1.29, 1.82) is 0 Å². The number of hydrogen-bond donors (Lipinski definition) is 3. The second-order valence-electron chi connectivity index (χ2n) is 5.62. The van der Waals surface area contributed by atoms with Crippen molar-refractivity contribution in [2.75, 3.05) is 25.1 Å². The van der Waals surface area contributed by atoms with E-state index in [-0.39, 0.29) is 36.8 Å². The molecule has 2 fully saturated rings. The number of fused-ring (bicyclic) bond motifs is 1. The molecule has 9 heteroatoms. The molecule has 2 saturated heterocycles. The fraction of sp³-hybridized carbons (Fsp3) is 0.467. The van der Waals surface area contributed by atoms with Crippen molar-refractivity contribution in [3.05, 3.63) is 30.1 Å². The molecule has 0 unspecified atom stereocenters. The summed E-state index contributed by atoms with van der Waals surface area (Å²) in [4.78, 5) is 10.8. The predicted octanol–water partition coefficient (Wildman–Crippen LogP) is 0.149. The molecule has 3 rings (SSSR count). The number of carbonyl (C=O) groups is 1. The van der Waals surface area contributed by atoms with Crippen LogP contribution in [-0.4, -0.2) is 55.2 Å². The average Bonchev–Trinajstić information content (AvgIpc) is 3.11. The third-order valence-electron chi connectivity index (χ3n) is 3.87. The van der Waals surface area contributed by atoms with Crippen molar-refractivity contribution in [3.8, 4) is 0 Å². The number of benzene rings is 1. The Balaban J connectivity index is 1.51. The van der Waals surface area contributed by atoms with Gasteiger partial charge in [0.05, 0.1) is 19.3 Å². The van der Waals surface area contributed by atoms with Crippen LogP contribution in [0.5, 0.6) is 0 Å². The summed E-state index contributed by atoms with van der Waals surface area (Å²) < 4.78 is 29.7. The number of nitrogens with two attached hydrogens (primary N) is 1. The predicted molar refractivity (Wildman–Crippen MR) is 88.0 cm³/mol. The van der Waals surface area contributed by atoms with Crippen molar-refractivity contribution < 1.29 is 23.4 Å². The lowest BCUT2D eigenvalue weighted by Gasteiger charge is -2.19. The highest BCUT2D eigenvalue weighted by Crippen LogP contribution is 2.28. The summed E-state index contributed by atoms with van der Waals surface area (Å²) in [5.41, 5.74) is 5.76. The second kappa shape index (κ2) is 7.39. The van der Waals surface area contributed by atoms with Crippen molar-refractivity contribution in [1.82, 2.24) is 5.32 Å². The van der Waals surface area contributed by atoms with Crippen LogP contribution in [0.2, 0.25) is 0 Å². The Bertz CT molecular complexity index is 615. The summed E-state index contributed by atoms with van der Waals surface area (Å²) in [5, 5.41) is 6.50. The minimum Gasteiger partial charge on any atom is -0.370 e. The Morgan fingerprint density at radius 1 is 1.29 bits per heavy atom. The van der Waals surface area contributed by atoms with E-state index in [0.717, 1.165) is 0 Å². The Morgan fingerprint density at radius 3 is 2.71 bits per heavy atom. The lowest BCUT2D eigenvalue weighted by atomic mass is 10.1. The van der Waals surface area contributed by atoms with E-state index in [1.807, 2.05) is 0 Å². The van der Waals surface area contributed by atoms with Gasteiger partial charge in [-0.3, -0.25) is 4.79 Å². The van der Waals surface area contributed by atoms with E-state index in [0.29, 0.717) is 24.0 Å². The van der Waals surface area contributed by atoms with Gasteiger partial charge in [0.2, 0.25) is 5.91 Å². The van der Waals surface area contributed by atoms with Crippen molar-refractivity contribution in [3.63, 3.8) is 0 Å². The molecule has 4 atom stereocenters. The SMILES string of the molecule is NC(=O)CO[C@@H]1CO[C@H]2[C@H]1OC[C@H]2NC(=S)Nc1ccc(F)cc1. The maximum Gasteiger partial charge on any atom is 0.243 e. The van der Waals surface area contributed by atoms with Crippen LogP contribution in [-0.2, 0) is 19.0 Å². The van der Waals surface area contributed by atoms with Gasteiger partial charge in [-0.1, -0.05) is 0 Å². The lowest BCUT2D eigenvalue weighted by molar-refractivity contribution is -0.126. The van der Waals surface area contributed by atoms with Gasteiger partial charge in [0.1, 0.15) is 30.7 Å². The topological polar surface area (TPSA) is 94.8 Å². The van der Waals surface area contributed by atoms with Crippen LogP contribution in [0.1, 0.15) is 0 Å². The summed E-state index contributed by atoms with van der Waals surface area (Å²) in [6.45, 7) is 0.569. The molecule has 0 aromatic heterocycles. The van der Waals surface area contributed by atoms with Crippen LogP contribution < -0.4 is 16.4 Å². The molecule has 1 aromatic carbocycles. The highest BCUT2D eigenvalue weighted by molar-refractivity contribution is 7.80. The van der Waals surface area contributed by atoms with Crippen LogP contribution in [0.25, 0.3) is 0 Å². The maximum absolute atomic E-state index is 12.9. The molecule has 0 spiro atoms. The van der Waals surface area contributed by atoms with Gasteiger partial charge < -0.3 is 30.6 Å². The second-order valence-corrected chi connectivity index (χ2v) is 6.03. The van der Waals surface area contributed by atoms with Gasteiger partial charge in [-0.25, -0.2) is 4.39 Å². The number of rotatable bonds is 5. The number of nitrogens with one attached hydrogen (secondary N) is 2. The van der Waals surface area contributed by atoms with E-state index in [1.54, 1.807) is 12.1 Å². The normalized spacial score (nSPS) is 28.4. The number of ether oxygens (including phenoxy) is 3. The third kappa shape index (κ3) is 3.99. The first-order valence-corrected chi connectivity index (χ1v) is 7.90. The van der Waals surface area contributed by atoms with E-state index in [4.69, 9.17) is 32.2 Å². The zero-order valence-electron chi connectivity index (χ0n) is 12.7. The quantitative estimate of drug-likeness (QED) is 0.647. The first-order chi connectivity index (χ1) is 11.5. The van der Waals surface area contributed by atoms with Gasteiger partial charge in [0, 0.05) is 5.69 Å². The fourth-order valence-corrected chi connectivity index (χ4v) is 3.06. The van der Waals surface area contributed by atoms with E-state index >= 15 is 0 Å². The minimum absolute atomic E-state index is 0.141. The van der Waals surface area contributed by atoms with E-state index in [1.165, 1.54) is 12.1 Å². The molecule has 130 valence electrons. The van der Waals surface area contributed by atoms with Gasteiger partial charge >= 0.3 is 0 Å². The highest BCUT2D eigenvalue weighted by atomic mass is 32.1. The van der Waals surface area contributed by atoms with Gasteiger partial charge in [-0.15, -0.1) is 0 Å². The van der Waals surface area contributed by atoms with Crippen LogP contribution in [0.4, 0.5) is 10.1 Å². The average molecular weight is 355 g/mol. The van der Waals surface area contributed by atoms with Crippen molar-refractivity contribution in [2.24, 2.45) is 5.73 Å². The number of anilines is 1. The van der Waals surface area contributed by atoms with Gasteiger partial charge in [0.15, 0.2) is 5.11 Å². The molecule has 0 aliphatic carbocycles. The van der Waals surface area contributed by atoms with Gasteiger partial charge in [-0.2, -0.15) is 0 Å². The first kappa shape index (κ1) is 17.0. The summed E-state index contributed by atoms with van der Waals surface area (Å²) in [6, 6.07) is 5.74. The monoisotopic (exact) mass is 355 g/mol. The molecule has 4 N–H and O–H groups in total. The van der Waals surface area contributed by atoms with Gasteiger partial charge in [0.25, 0.3) is 0 Å². The van der Waals surface area contributed by atoms with Crippen LogP contribution in [0.15, 0.2) is 24.3 Å². The molecular weight excluding hydrogens is 337 g/mol. The molecule has 7 nitrogen and oxygen atoms in total. The Hall–Kier alpha value is -1.81. The minimum atomic E-state index is -0.532. The van der Waals surface area contributed by atoms with E-state index < -0.39 is 5.91 Å². The number of thiocarbonyl (C=S) groups is 1. The molecule has 1 aromatic rings. The smallest absolute Gasteiger partial charge is 0.243 e. The molecule has 2 heterocycles. The third-order valence-corrected chi connectivity index (χ3v) is 4.09. The number of amides is 1. The number of hydrogen-bond acceptors (Lipinski definition) is 5. The molecular formula is C15H18FN3O4S. The largest absolute Gasteiger partial charge is 0.370 e. The fourth-order valence-electron chi connectivity index (χ4n) is 2.79. The molecule has 0 saturated carbocycles. The standard InChI is InChI=1S/C15H18FN3O4S/c16-8-1-3-9(4-2-8)18-15(24)19-10-5-22-14-11(6-23-13(10)14)21-7-12(17)20/h1-4,10-11,13-14H,5-7H2,(H2,17,20)(H2,18,19,24)/t10-,11-,13-,14+/m1/s1. The van der Waals surface area contributed by atoms with Crippen LogP contribution in [0, 0.1) is 5.82 Å². The Kier molecular flexibility index (Phi) is 5.24. The van der Waals surface area contributed by atoms with E-state index in [2.05, 4.69) is 10.6 Å². The number of carbonyl (C=O) groups excluding carboxylic acids is 1. The highest BCUT2D eigenvalue weighted by Gasteiger charge is 2.48. The maximum atomic E-state index is 12.9. The number of halogens is 1. The Labute approximate surface area is 143 Å². The van der Waals surface area contributed by atoms with Crippen LogP contribution in [0.3, 0.4) is 0 Å². The van der Waals surface area contributed by atoms with Crippen molar-refractivity contribution in [2.45, 2.75) is 24.4 Å². The van der Waals surface area contributed by atoms with E-state index in [9.17, 15) is 9.18 Å². The van der Waals surface area contributed by atoms with Crippen LogP contribution >= 0.6 is 12.2 Å². The summed E-state index contributed by atoms with van der Waals surface area (Å²) in [5.74, 6) is -0.844. The molecule has 24 heavy (non-hydrogen) atoms. The van der Waals surface area contributed by atoms with Gasteiger partial charge in [-0.05, 0) is 36.5 Å². The zero-order chi connectivity index (χ0) is 17.1. The summed E-state index contributed by atoms with van der Waals surface area (Å²) in [7, 11) is 0. The Morgan fingerprint density at radius 2 is 2.00 bits per heavy atom. The number of primary amides is 1. The summed E-state index contributed by atoms with van der Waals surface area (Å²) in [6.07, 6.45) is -0.820. The van der Waals surface area contributed by atoms with Crippen molar-refractivity contribution >= 4 is 28.9 Å².